The van der Waals surface area contributed by atoms with Crippen LogP contribution in [0.3, 0.4) is 0 Å². The molecule has 1 aromatic carbocycles. The molecule has 17 heavy (non-hydrogen) atoms. The Bertz CT molecular complexity index is 486. The van der Waals surface area contributed by atoms with Crippen LogP contribution in [0, 0.1) is 0 Å². The number of hydrogen-bond acceptors (Lipinski definition) is 3. The number of urea groups is 1. The highest BCUT2D eigenvalue weighted by Crippen LogP contribution is 2.25. The minimum absolute atomic E-state index is 0.0888. The van der Waals surface area contributed by atoms with Crippen molar-refractivity contribution in [3.05, 3.63) is 24.3 Å². The third-order valence-electron chi connectivity index (χ3n) is 2.56. The minimum Gasteiger partial charge on any atom is -0.325 e. The molecule has 4 nitrogen and oxygen atoms in total. The number of benzene rings is 1. The summed E-state index contributed by atoms with van der Waals surface area (Å²) in [6, 6.07) is 7.77. The molecule has 2 rings (SSSR count). The zero-order chi connectivity index (χ0) is 12.3. The first kappa shape index (κ1) is 11.9. The fraction of sp³-hybridized carbons (Fsp3) is 0.333. The summed E-state index contributed by atoms with van der Waals surface area (Å²) in [5, 5.41) is 3.48. The SMILES string of the molecule is CCN(CC)C(=O)Nc1nc2ccccc2s1. The van der Waals surface area contributed by atoms with Gasteiger partial charge in [-0.25, -0.2) is 9.78 Å². The number of fused-ring (bicyclic) bond motifs is 1. The van der Waals surface area contributed by atoms with Gasteiger partial charge in [0.2, 0.25) is 0 Å². The Morgan fingerprint density at radius 3 is 2.71 bits per heavy atom. The van der Waals surface area contributed by atoms with E-state index in [9.17, 15) is 4.79 Å². The number of thiazole rings is 1. The number of rotatable bonds is 3. The summed E-state index contributed by atoms with van der Waals surface area (Å²) in [6.07, 6.45) is 0. The molecule has 1 heterocycles. The first-order chi connectivity index (χ1) is 8.24. The van der Waals surface area contributed by atoms with E-state index in [1.54, 1.807) is 4.90 Å². The lowest BCUT2D eigenvalue weighted by Gasteiger charge is -2.17. The third-order valence-corrected chi connectivity index (χ3v) is 3.51. The second-order valence-corrected chi connectivity index (χ2v) is 4.62. The number of nitrogens with one attached hydrogen (secondary N) is 1. The summed E-state index contributed by atoms with van der Waals surface area (Å²) >= 11 is 1.49. The number of nitrogens with zero attached hydrogens (tertiary/aromatic N) is 2. The molecular weight excluding hydrogens is 234 g/mol. The monoisotopic (exact) mass is 249 g/mol. The largest absolute Gasteiger partial charge is 0.325 e. The smallest absolute Gasteiger partial charge is 0.323 e. The first-order valence-electron chi connectivity index (χ1n) is 5.66. The van der Waals surface area contributed by atoms with E-state index in [-0.39, 0.29) is 6.03 Å². The van der Waals surface area contributed by atoms with E-state index in [1.807, 2.05) is 38.1 Å². The molecule has 2 amide bonds. The van der Waals surface area contributed by atoms with Crippen LogP contribution in [0.1, 0.15) is 13.8 Å². The summed E-state index contributed by atoms with van der Waals surface area (Å²) in [5.74, 6) is 0. The molecule has 0 aliphatic heterocycles. The maximum Gasteiger partial charge on any atom is 0.323 e. The van der Waals surface area contributed by atoms with Gasteiger partial charge in [0.05, 0.1) is 10.2 Å². The molecule has 0 spiro atoms. The molecule has 1 aromatic heterocycles. The van der Waals surface area contributed by atoms with E-state index in [0.29, 0.717) is 18.2 Å². The van der Waals surface area contributed by atoms with Gasteiger partial charge in [0.15, 0.2) is 5.13 Å². The van der Waals surface area contributed by atoms with Gasteiger partial charge in [-0.2, -0.15) is 0 Å². The molecule has 0 fully saturated rings. The van der Waals surface area contributed by atoms with Crippen molar-refractivity contribution in [3.8, 4) is 0 Å². The van der Waals surface area contributed by atoms with Crippen LogP contribution >= 0.6 is 11.3 Å². The van der Waals surface area contributed by atoms with Crippen LogP contribution < -0.4 is 5.32 Å². The molecule has 0 saturated heterocycles. The van der Waals surface area contributed by atoms with Crippen LogP contribution in [0.5, 0.6) is 0 Å². The Balaban J connectivity index is 2.15. The molecule has 2 aromatic rings. The molecule has 90 valence electrons. The number of carbonyl (C=O) groups is 1. The standard InChI is InChI=1S/C12H15N3OS/c1-3-15(4-2)12(16)14-11-13-9-7-5-6-8-10(9)17-11/h5-8H,3-4H2,1-2H3,(H,13,14,16). The lowest BCUT2D eigenvalue weighted by molar-refractivity contribution is 0.217. The van der Waals surface area contributed by atoms with Gasteiger partial charge in [-0.15, -0.1) is 0 Å². The van der Waals surface area contributed by atoms with Gasteiger partial charge < -0.3 is 4.90 Å². The number of para-hydroxylation sites is 1. The van der Waals surface area contributed by atoms with Crippen molar-refractivity contribution in [3.63, 3.8) is 0 Å². The fourth-order valence-electron chi connectivity index (χ4n) is 1.61. The fourth-order valence-corrected chi connectivity index (χ4v) is 2.46. The van der Waals surface area contributed by atoms with Crippen molar-refractivity contribution in [1.29, 1.82) is 0 Å². The third kappa shape index (κ3) is 2.55. The second-order valence-electron chi connectivity index (χ2n) is 3.59. The molecular formula is C12H15N3OS. The normalized spacial score (nSPS) is 10.5. The highest BCUT2D eigenvalue weighted by Gasteiger charge is 2.11. The van der Waals surface area contributed by atoms with Crippen LogP contribution in [-0.2, 0) is 0 Å². The number of amides is 2. The van der Waals surface area contributed by atoms with Crippen molar-refractivity contribution >= 4 is 32.7 Å². The van der Waals surface area contributed by atoms with Crippen molar-refractivity contribution in [2.45, 2.75) is 13.8 Å². The van der Waals surface area contributed by atoms with E-state index in [4.69, 9.17) is 0 Å². The zero-order valence-electron chi connectivity index (χ0n) is 9.93. The van der Waals surface area contributed by atoms with Crippen LogP contribution in [-0.4, -0.2) is 29.0 Å². The Labute approximate surface area is 104 Å². The predicted octanol–water partition coefficient (Wildman–Crippen LogP) is 3.17. The van der Waals surface area contributed by atoms with Gasteiger partial charge in [0.1, 0.15) is 0 Å². The van der Waals surface area contributed by atoms with Gasteiger partial charge in [0.25, 0.3) is 0 Å². The molecule has 5 heteroatoms. The maximum absolute atomic E-state index is 11.8. The van der Waals surface area contributed by atoms with Gasteiger partial charge in [-0.1, -0.05) is 23.5 Å². The number of hydrogen-bond donors (Lipinski definition) is 1. The van der Waals surface area contributed by atoms with Crippen LogP contribution in [0.25, 0.3) is 10.2 Å². The molecule has 0 aliphatic carbocycles. The van der Waals surface area contributed by atoms with Crippen molar-refractivity contribution in [2.24, 2.45) is 0 Å². The number of anilines is 1. The molecule has 1 N–H and O–H groups in total. The van der Waals surface area contributed by atoms with Gasteiger partial charge >= 0.3 is 6.03 Å². The van der Waals surface area contributed by atoms with Crippen LogP contribution in [0.15, 0.2) is 24.3 Å². The van der Waals surface area contributed by atoms with E-state index in [1.165, 1.54) is 11.3 Å². The van der Waals surface area contributed by atoms with E-state index < -0.39 is 0 Å². The molecule has 0 unspecified atom stereocenters. The lowest BCUT2D eigenvalue weighted by atomic mass is 10.3. The summed E-state index contributed by atoms with van der Waals surface area (Å²) in [5.41, 5.74) is 0.923. The van der Waals surface area contributed by atoms with E-state index >= 15 is 0 Å². The summed E-state index contributed by atoms with van der Waals surface area (Å²) in [6.45, 7) is 5.32. The summed E-state index contributed by atoms with van der Waals surface area (Å²) in [7, 11) is 0. The average Bonchev–Trinajstić information content (AvgIpc) is 2.72. The van der Waals surface area contributed by atoms with E-state index in [0.717, 1.165) is 10.2 Å². The number of aromatic nitrogens is 1. The highest BCUT2D eigenvalue weighted by molar-refractivity contribution is 7.22. The van der Waals surface area contributed by atoms with Gasteiger partial charge in [-0.05, 0) is 26.0 Å². The lowest BCUT2D eigenvalue weighted by Crippen LogP contribution is -2.34. The van der Waals surface area contributed by atoms with Crippen LogP contribution in [0.4, 0.5) is 9.93 Å². The van der Waals surface area contributed by atoms with Crippen molar-refractivity contribution < 1.29 is 4.79 Å². The Morgan fingerprint density at radius 2 is 2.06 bits per heavy atom. The highest BCUT2D eigenvalue weighted by atomic mass is 32.1. The van der Waals surface area contributed by atoms with Gasteiger partial charge in [0, 0.05) is 13.1 Å². The average molecular weight is 249 g/mol. The zero-order valence-corrected chi connectivity index (χ0v) is 10.8. The second kappa shape index (κ2) is 5.14. The maximum atomic E-state index is 11.8. The Kier molecular flexibility index (Phi) is 3.58. The molecule has 0 atom stereocenters. The van der Waals surface area contributed by atoms with Crippen molar-refractivity contribution in [2.75, 3.05) is 18.4 Å². The summed E-state index contributed by atoms with van der Waals surface area (Å²) < 4.78 is 1.09. The summed E-state index contributed by atoms with van der Waals surface area (Å²) in [4.78, 5) is 17.9. The van der Waals surface area contributed by atoms with E-state index in [2.05, 4.69) is 10.3 Å². The molecule has 0 bridgehead atoms. The topological polar surface area (TPSA) is 45.2 Å². The Hall–Kier alpha value is -1.62. The molecule has 0 radical (unpaired) electrons. The predicted molar refractivity (Wildman–Crippen MR) is 71.6 cm³/mol. The molecule has 0 saturated carbocycles. The number of carbonyl (C=O) groups excluding carboxylic acids is 1. The Morgan fingerprint density at radius 1 is 1.35 bits per heavy atom. The van der Waals surface area contributed by atoms with Gasteiger partial charge in [-0.3, -0.25) is 5.32 Å². The van der Waals surface area contributed by atoms with Crippen molar-refractivity contribution in [1.82, 2.24) is 9.88 Å². The minimum atomic E-state index is -0.0888. The van der Waals surface area contributed by atoms with Crippen LogP contribution in [0.2, 0.25) is 0 Å². The first-order valence-corrected chi connectivity index (χ1v) is 6.47. The molecule has 0 aliphatic rings. The quantitative estimate of drug-likeness (QED) is 0.908.